The van der Waals surface area contributed by atoms with Crippen molar-refractivity contribution in [1.82, 2.24) is 9.55 Å². The van der Waals surface area contributed by atoms with Gasteiger partial charge in [0.2, 0.25) is 0 Å². The summed E-state index contributed by atoms with van der Waals surface area (Å²) in [5.74, 6) is 0.684. The summed E-state index contributed by atoms with van der Waals surface area (Å²) in [4.78, 5) is 26.9. The molecule has 2 bridgehead atoms. The Labute approximate surface area is 191 Å². The number of nitrogens with two attached hydrogens (primary N) is 2. The van der Waals surface area contributed by atoms with E-state index in [9.17, 15) is 14.8 Å². The second-order valence-corrected chi connectivity index (χ2v) is 10.3. The van der Waals surface area contributed by atoms with Crippen LogP contribution in [-0.2, 0) is 19.2 Å². The number of ether oxygens (including phenoxy) is 1. The molecule has 13 heteroatoms. The molecule has 0 amide bonds. The summed E-state index contributed by atoms with van der Waals surface area (Å²) in [6, 6.07) is 0. The monoisotopic (exact) mass is 485 g/mol. The first kappa shape index (κ1) is 24.3. The van der Waals surface area contributed by atoms with Crippen LogP contribution in [0.1, 0.15) is 63.3 Å². The highest BCUT2D eigenvalue weighted by atomic mass is 31.2. The van der Waals surface area contributed by atoms with E-state index < -0.39 is 44.4 Å². The lowest BCUT2D eigenvalue weighted by Crippen LogP contribution is -2.44. The predicted octanol–water partition coefficient (Wildman–Crippen LogP) is 0.821. The van der Waals surface area contributed by atoms with Gasteiger partial charge < -0.3 is 36.2 Å². The van der Waals surface area contributed by atoms with Crippen molar-refractivity contribution in [2.24, 2.45) is 10.7 Å². The number of fused-ring (bicyclic) bond motifs is 2. The smallest absolute Gasteiger partial charge is 0.387 e. The molecule has 5 atom stereocenters. The number of anilines is 1. The molecule has 0 spiro atoms. The van der Waals surface area contributed by atoms with Crippen LogP contribution in [0, 0.1) is 0 Å². The van der Waals surface area contributed by atoms with Crippen LogP contribution in [0.4, 0.5) is 5.82 Å². The van der Waals surface area contributed by atoms with Crippen LogP contribution in [0.3, 0.4) is 0 Å². The summed E-state index contributed by atoms with van der Waals surface area (Å²) in [6.07, 6.45) is 5.95. The van der Waals surface area contributed by atoms with Crippen LogP contribution >= 0.6 is 7.82 Å². The van der Waals surface area contributed by atoms with Gasteiger partial charge in [-0.15, -0.1) is 0 Å². The second kappa shape index (κ2) is 9.46. The van der Waals surface area contributed by atoms with Gasteiger partial charge in [-0.25, -0.2) is 14.5 Å². The lowest BCUT2D eigenvalue weighted by molar-refractivity contribution is -0.0511. The van der Waals surface area contributed by atoms with Gasteiger partial charge in [0.15, 0.2) is 6.23 Å². The van der Waals surface area contributed by atoms with Gasteiger partial charge in [-0.1, -0.05) is 31.3 Å². The lowest BCUT2D eigenvalue weighted by Gasteiger charge is -2.36. The number of aliphatic hydroxyl groups is 2. The number of nitrogens with zero attached hydrogens (tertiary/aromatic N) is 3. The predicted molar refractivity (Wildman–Crippen MR) is 119 cm³/mol. The van der Waals surface area contributed by atoms with Crippen molar-refractivity contribution in [3.8, 4) is 0 Å². The zero-order chi connectivity index (χ0) is 23.8. The lowest BCUT2D eigenvalue weighted by atomic mass is 9.71. The Balaban J connectivity index is 1.62. The molecule has 3 aliphatic rings. The fourth-order valence-corrected chi connectivity index (χ4v) is 5.36. The molecule has 184 valence electrons. The molecule has 2 fully saturated rings. The van der Waals surface area contributed by atoms with Gasteiger partial charge in [0.05, 0.1) is 24.0 Å². The number of aromatic nitrogens is 2. The Morgan fingerprint density at radius 1 is 1.18 bits per heavy atom. The highest BCUT2D eigenvalue weighted by Gasteiger charge is 2.47. The first-order valence-electron chi connectivity index (χ1n) is 11.2. The summed E-state index contributed by atoms with van der Waals surface area (Å²) < 4.78 is 22.5. The number of hydrogen-bond donors (Lipinski definition) is 6. The number of phosphoric acid groups is 1. The third-order valence-electron chi connectivity index (χ3n) is 6.81. The van der Waals surface area contributed by atoms with Crippen LogP contribution in [0.25, 0.3) is 0 Å². The second-order valence-electron chi connectivity index (χ2n) is 9.05. The van der Waals surface area contributed by atoms with Gasteiger partial charge in [0.1, 0.15) is 30.0 Å². The van der Waals surface area contributed by atoms with Crippen molar-refractivity contribution < 1.29 is 33.8 Å². The maximum absolute atomic E-state index is 11.0. The number of aliphatic imine (C=N–C) groups is 1. The maximum atomic E-state index is 11.0. The number of rotatable bonds is 5. The van der Waals surface area contributed by atoms with E-state index in [0.29, 0.717) is 18.0 Å². The Morgan fingerprint density at radius 3 is 2.67 bits per heavy atom. The van der Waals surface area contributed by atoms with Crippen LogP contribution in [-0.4, -0.2) is 60.3 Å². The highest BCUT2D eigenvalue weighted by molar-refractivity contribution is 7.46. The standard InChI is InChI=1S/C20H32N5O7P/c21-17-16(20-7-5-3-1-2-4-6-12(8-20)9-23-19(20)22)24-11-25(17)18-15(27)14(26)13(32-18)10-31-33(28,29)30/h9,11,13-15,18,26-27H,1-8,10,21H2,(H2,22,23)(H2,28,29,30). The van der Waals surface area contributed by atoms with Crippen molar-refractivity contribution >= 4 is 19.5 Å². The van der Waals surface area contributed by atoms with Crippen LogP contribution in [0.2, 0.25) is 0 Å². The third kappa shape index (κ3) is 4.88. The number of imidazole rings is 1. The molecule has 1 aromatic rings. The van der Waals surface area contributed by atoms with Crippen molar-refractivity contribution in [2.75, 3.05) is 12.3 Å². The molecule has 4 rings (SSSR count). The molecule has 2 aliphatic heterocycles. The first-order chi connectivity index (χ1) is 15.6. The normalized spacial score (nSPS) is 33.5. The summed E-state index contributed by atoms with van der Waals surface area (Å²) >= 11 is 0. The first-order valence-corrected chi connectivity index (χ1v) is 12.7. The van der Waals surface area contributed by atoms with Crippen molar-refractivity contribution in [3.05, 3.63) is 23.8 Å². The van der Waals surface area contributed by atoms with Gasteiger partial charge in [0.25, 0.3) is 0 Å². The third-order valence-corrected chi connectivity index (χ3v) is 7.30. The molecular formula is C20H32N5O7P. The minimum absolute atomic E-state index is 0.235. The molecule has 1 saturated heterocycles. The number of aliphatic hydroxyl groups excluding tert-OH is 2. The molecule has 12 nitrogen and oxygen atoms in total. The summed E-state index contributed by atoms with van der Waals surface area (Å²) in [6.45, 7) is -0.599. The summed E-state index contributed by atoms with van der Waals surface area (Å²) in [5, 5.41) is 20.9. The summed E-state index contributed by atoms with van der Waals surface area (Å²) in [5.41, 5.74) is 14.0. The SMILES string of the molecule is NC1=NC=C2CCCCCCCC1(c1ncn(C3OC(COP(=O)(O)O)C(O)C3O)c1N)C2. The fourth-order valence-electron chi connectivity index (χ4n) is 5.02. The minimum atomic E-state index is -4.76. The van der Waals surface area contributed by atoms with Gasteiger partial charge >= 0.3 is 7.82 Å². The molecule has 0 aromatic carbocycles. The average Bonchev–Trinajstić information content (AvgIpc) is 3.27. The van der Waals surface area contributed by atoms with E-state index in [-0.39, 0.29) is 5.82 Å². The molecule has 33 heavy (non-hydrogen) atoms. The maximum Gasteiger partial charge on any atom is 0.469 e. The number of phosphoric ester groups is 1. The highest BCUT2D eigenvalue weighted by Crippen LogP contribution is 2.44. The van der Waals surface area contributed by atoms with E-state index in [2.05, 4.69) is 14.5 Å². The van der Waals surface area contributed by atoms with Crippen molar-refractivity contribution in [1.29, 1.82) is 0 Å². The van der Waals surface area contributed by atoms with E-state index in [0.717, 1.165) is 38.5 Å². The molecule has 1 aliphatic carbocycles. The molecule has 8 N–H and O–H groups in total. The van der Waals surface area contributed by atoms with Crippen molar-refractivity contribution in [3.63, 3.8) is 0 Å². The number of allylic oxidation sites excluding steroid dienone is 1. The van der Waals surface area contributed by atoms with Crippen molar-refractivity contribution in [2.45, 2.75) is 81.3 Å². The molecule has 0 radical (unpaired) electrons. The number of hydrogen-bond acceptors (Lipinski definition) is 9. The molecular weight excluding hydrogens is 453 g/mol. The topological polar surface area (TPSA) is 199 Å². The molecule has 5 unspecified atom stereocenters. The average molecular weight is 485 g/mol. The Morgan fingerprint density at radius 2 is 1.91 bits per heavy atom. The summed E-state index contributed by atoms with van der Waals surface area (Å²) in [7, 11) is -4.76. The Kier molecular flexibility index (Phi) is 6.97. The zero-order valence-electron chi connectivity index (χ0n) is 18.3. The number of amidine groups is 1. The van der Waals surface area contributed by atoms with Gasteiger partial charge in [0, 0.05) is 6.20 Å². The Bertz CT molecular complexity index is 976. The van der Waals surface area contributed by atoms with Crippen LogP contribution in [0.15, 0.2) is 23.1 Å². The van der Waals surface area contributed by atoms with Gasteiger partial charge in [-0.2, -0.15) is 0 Å². The van der Waals surface area contributed by atoms with Crippen LogP contribution < -0.4 is 11.5 Å². The van der Waals surface area contributed by atoms with E-state index in [1.165, 1.54) is 22.9 Å². The van der Waals surface area contributed by atoms with Crippen LogP contribution in [0.5, 0.6) is 0 Å². The molecule has 3 heterocycles. The molecule has 1 saturated carbocycles. The van der Waals surface area contributed by atoms with E-state index in [4.69, 9.17) is 26.0 Å². The fraction of sp³-hybridized carbons (Fsp3) is 0.700. The Hall–Kier alpha value is -1.79. The zero-order valence-corrected chi connectivity index (χ0v) is 19.2. The van der Waals surface area contributed by atoms with E-state index in [1.807, 2.05) is 6.20 Å². The van der Waals surface area contributed by atoms with E-state index >= 15 is 0 Å². The minimum Gasteiger partial charge on any atom is -0.387 e. The largest absolute Gasteiger partial charge is 0.469 e. The number of nitrogen functional groups attached to an aromatic ring is 1. The van der Waals surface area contributed by atoms with E-state index in [1.54, 1.807) is 0 Å². The van der Waals surface area contributed by atoms with Gasteiger partial charge in [-0.3, -0.25) is 9.09 Å². The molecule has 1 aromatic heterocycles. The van der Waals surface area contributed by atoms with Gasteiger partial charge in [-0.05, 0) is 25.7 Å². The quantitative estimate of drug-likeness (QED) is 0.325.